The largest absolute Gasteiger partial charge is 0.453 e. The van der Waals surface area contributed by atoms with E-state index >= 15 is 0 Å². The molecule has 0 saturated carbocycles. The van der Waals surface area contributed by atoms with Gasteiger partial charge in [-0.3, -0.25) is 14.4 Å². The second-order valence-corrected chi connectivity index (χ2v) is 5.45. The number of hydrogen-bond donors (Lipinski definition) is 2. The quantitative estimate of drug-likeness (QED) is 0.745. The van der Waals surface area contributed by atoms with E-state index in [0.29, 0.717) is 23.3 Å². The molecule has 1 atom stereocenters. The van der Waals surface area contributed by atoms with Gasteiger partial charge in [-0.1, -0.05) is 19.1 Å². The van der Waals surface area contributed by atoms with Crippen molar-refractivity contribution in [2.45, 2.75) is 39.2 Å². The molecule has 0 saturated heterocycles. The van der Waals surface area contributed by atoms with Crippen LogP contribution in [0.15, 0.2) is 29.1 Å². The molecule has 2 rings (SSSR count). The van der Waals surface area contributed by atoms with Crippen molar-refractivity contribution in [1.29, 1.82) is 0 Å². The highest BCUT2D eigenvalue weighted by Crippen LogP contribution is 2.07. The van der Waals surface area contributed by atoms with Gasteiger partial charge in [0.2, 0.25) is 0 Å². The fourth-order valence-electron chi connectivity index (χ4n) is 2.18. The molecule has 0 radical (unpaired) electrons. The van der Waals surface area contributed by atoms with Crippen molar-refractivity contribution in [3.05, 3.63) is 40.4 Å². The Morgan fingerprint density at radius 3 is 2.83 bits per heavy atom. The first kappa shape index (κ1) is 17.7. The van der Waals surface area contributed by atoms with E-state index in [1.807, 2.05) is 6.92 Å². The Morgan fingerprint density at radius 2 is 2.08 bits per heavy atom. The minimum absolute atomic E-state index is 0.0344. The number of aryl methyl sites for hydroxylation is 1. The lowest BCUT2D eigenvalue weighted by Crippen LogP contribution is -2.36. The van der Waals surface area contributed by atoms with Crippen molar-refractivity contribution in [3.63, 3.8) is 0 Å². The molecule has 0 bridgehead atoms. The van der Waals surface area contributed by atoms with Crippen LogP contribution in [-0.4, -0.2) is 34.5 Å². The van der Waals surface area contributed by atoms with Crippen molar-refractivity contribution >= 4 is 22.8 Å². The van der Waals surface area contributed by atoms with E-state index in [2.05, 4.69) is 15.3 Å². The van der Waals surface area contributed by atoms with Gasteiger partial charge >= 0.3 is 5.97 Å². The smallest absolute Gasteiger partial charge is 0.307 e. The van der Waals surface area contributed by atoms with Crippen LogP contribution in [0.5, 0.6) is 0 Å². The molecule has 2 N–H and O–H groups in total. The zero-order chi connectivity index (χ0) is 17.5. The van der Waals surface area contributed by atoms with Gasteiger partial charge < -0.3 is 15.0 Å². The van der Waals surface area contributed by atoms with Crippen LogP contribution in [-0.2, 0) is 20.7 Å². The summed E-state index contributed by atoms with van der Waals surface area (Å²) < 4.78 is 5.08. The number of rotatable bonds is 7. The van der Waals surface area contributed by atoms with Crippen molar-refractivity contribution in [1.82, 2.24) is 15.3 Å². The number of aromatic amines is 1. The van der Waals surface area contributed by atoms with Gasteiger partial charge in [0.15, 0.2) is 6.10 Å². The number of esters is 1. The lowest BCUT2D eigenvalue weighted by Gasteiger charge is -2.13. The third kappa shape index (κ3) is 4.65. The van der Waals surface area contributed by atoms with E-state index in [9.17, 15) is 14.4 Å². The van der Waals surface area contributed by atoms with E-state index in [-0.39, 0.29) is 24.3 Å². The van der Waals surface area contributed by atoms with Gasteiger partial charge in [-0.15, -0.1) is 0 Å². The molecule has 24 heavy (non-hydrogen) atoms. The molecule has 0 aliphatic rings. The number of hydrogen-bond acceptors (Lipinski definition) is 5. The molecule has 1 heterocycles. The van der Waals surface area contributed by atoms with Gasteiger partial charge in [-0.25, -0.2) is 4.98 Å². The standard InChI is InChI=1S/C17H21N3O4/c1-3-10-18-16(22)11(2)24-15(21)9-8-14-19-13-7-5-4-6-12(13)17(23)20-14/h4-7,11H,3,8-10H2,1-2H3,(H,18,22)(H,19,20,23)/t11-/m0/s1. The van der Waals surface area contributed by atoms with Crippen LogP contribution in [0.25, 0.3) is 10.9 Å². The summed E-state index contributed by atoms with van der Waals surface area (Å²) in [5, 5.41) is 3.17. The lowest BCUT2D eigenvalue weighted by atomic mass is 10.2. The molecule has 0 aliphatic heterocycles. The Labute approximate surface area is 139 Å². The molecule has 0 spiro atoms. The molecule has 1 amide bonds. The SMILES string of the molecule is CCCNC(=O)[C@H](C)OC(=O)CCc1nc2ccccc2c(=O)[nH]1. The van der Waals surface area contributed by atoms with Crippen molar-refractivity contribution in [2.24, 2.45) is 0 Å². The molecule has 1 aromatic heterocycles. The van der Waals surface area contributed by atoms with E-state index in [0.717, 1.165) is 6.42 Å². The summed E-state index contributed by atoms with van der Waals surface area (Å²) in [5.74, 6) is -0.411. The molecule has 128 valence electrons. The summed E-state index contributed by atoms with van der Waals surface area (Å²) >= 11 is 0. The molecule has 7 nitrogen and oxygen atoms in total. The number of carbonyl (C=O) groups excluding carboxylic acids is 2. The predicted molar refractivity (Wildman–Crippen MR) is 89.5 cm³/mol. The highest BCUT2D eigenvalue weighted by Gasteiger charge is 2.17. The van der Waals surface area contributed by atoms with Crippen LogP contribution in [0.3, 0.4) is 0 Å². The average Bonchev–Trinajstić information content (AvgIpc) is 2.57. The maximum atomic E-state index is 11.9. The minimum atomic E-state index is -0.840. The summed E-state index contributed by atoms with van der Waals surface area (Å²) in [4.78, 5) is 42.4. The maximum absolute atomic E-state index is 11.9. The molecule has 0 fully saturated rings. The lowest BCUT2D eigenvalue weighted by molar-refractivity contribution is -0.154. The first-order valence-corrected chi connectivity index (χ1v) is 7.96. The van der Waals surface area contributed by atoms with Crippen LogP contribution in [0.1, 0.15) is 32.5 Å². The van der Waals surface area contributed by atoms with Crippen molar-refractivity contribution in [3.8, 4) is 0 Å². The number of amides is 1. The van der Waals surface area contributed by atoms with Crippen LogP contribution >= 0.6 is 0 Å². The van der Waals surface area contributed by atoms with Gasteiger partial charge in [-0.05, 0) is 25.5 Å². The first-order chi connectivity index (χ1) is 11.5. The van der Waals surface area contributed by atoms with E-state index in [1.165, 1.54) is 6.92 Å². The summed E-state index contributed by atoms with van der Waals surface area (Å²) in [7, 11) is 0. The number of ether oxygens (including phenoxy) is 1. The topological polar surface area (TPSA) is 101 Å². The third-order valence-electron chi connectivity index (χ3n) is 3.45. The number of para-hydroxylation sites is 1. The van der Waals surface area contributed by atoms with Gasteiger partial charge in [0.1, 0.15) is 5.82 Å². The van der Waals surface area contributed by atoms with Gasteiger partial charge in [-0.2, -0.15) is 0 Å². The number of carbonyl (C=O) groups is 2. The first-order valence-electron chi connectivity index (χ1n) is 7.96. The van der Waals surface area contributed by atoms with E-state index in [4.69, 9.17) is 4.74 Å². The Hall–Kier alpha value is -2.70. The Bertz CT molecular complexity index is 785. The predicted octanol–water partition coefficient (Wildman–Crippen LogP) is 1.31. The summed E-state index contributed by atoms with van der Waals surface area (Å²) in [5.41, 5.74) is 0.341. The molecule has 7 heteroatoms. The number of H-pyrrole nitrogens is 1. The second kappa shape index (κ2) is 8.24. The van der Waals surface area contributed by atoms with Gasteiger partial charge in [0, 0.05) is 13.0 Å². The maximum Gasteiger partial charge on any atom is 0.307 e. The molecule has 2 aromatic rings. The van der Waals surface area contributed by atoms with E-state index < -0.39 is 12.1 Å². The highest BCUT2D eigenvalue weighted by atomic mass is 16.5. The average molecular weight is 331 g/mol. The minimum Gasteiger partial charge on any atom is -0.453 e. The number of fused-ring (bicyclic) bond motifs is 1. The summed E-state index contributed by atoms with van der Waals surface area (Å²) in [6, 6.07) is 6.99. The molecular formula is C17H21N3O4. The van der Waals surface area contributed by atoms with Crippen LogP contribution in [0.2, 0.25) is 0 Å². The fourth-order valence-corrected chi connectivity index (χ4v) is 2.18. The molecule has 1 aromatic carbocycles. The number of nitrogens with one attached hydrogen (secondary N) is 2. The fraction of sp³-hybridized carbons (Fsp3) is 0.412. The van der Waals surface area contributed by atoms with Crippen LogP contribution in [0, 0.1) is 0 Å². The van der Waals surface area contributed by atoms with Gasteiger partial charge in [0.25, 0.3) is 11.5 Å². The Morgan fingerprint density at radius 1 is 1.33 bits per heavy atom. The monoisotopic (exact) mass is 331 g/mol. The molecule has 0 aliphatic carbocycles. The van der Waals surface area contributed by atoms with Crippen molar-refractivity contribution in [2.75, 3.05) is 6.54 Å². The Kier molecular flexibility index (Phi) is 6.06. The third-order valence-corrected chi connectivity index (χ3v) is 3.45. The zero-order valence-electron chi connectivity index (χ0n) is 13.8. The van der Waals surface area contributed by atoms with E-state index in [1.54, 1.807) is 24.3 Å². The highest BCUT2D eigenvalue weighted by molar-refractivity contribution is 5.83. The van der Waals surface area contributed by atoms with Crippen LogP contribution in [0.4, 0.5) is 0 Å². The van der Waals surface area contributed by atoms with Gasteiger partial charge in [0.05, 0.1) is 17.3 Å². The normalized spacial score (nSPS) is 11.9. The number of benzene rings is 1. The zero-order valence-corrected chi connectivity index (χ0v) is 13.8. The Balaban J connectivity index is 1.92. The van der Waals surface area contributed by atoms with Crippen LogP contribution < -0.4 is 10.9 Å². The molecular weight excluding hydrogens is 310 g/mol. The molecule has 0 unspecified atom stereocenters. The second-order valence-electron chi connectivity index (χ2n) is 5.45. The summed E-state index contributed by atoms with van der Waals surface area (Å²) in [6.07, 6.45) is 0.245. The summed E-state index contributed by atoms with van der Waals surface area (Å²) in [6.45, 7) is 4.01. The van der Waals surface area contributed by atoms with Crippen molar-refractivity contribution < 1.29 is 14.3 Å². The number of nitrogens with zero attached hydrogens (tertiary/aromatic N) is 1. The number of aromatic nitrogens is 2.